The number of carbonyl (C=O) groups excluding carboxylic acids is 1. The Morgan fingerprint density at radius 1 is 1.24 bits per heavy atom. The number of amides is 1. The van der Waals surface area contributed by atoms with Gasteiger partial charge < -0.3 is 15.1 Å². The summed E-state index contributed by atoms with van der Waals surface area (Å²) >= 11 is 1.30. The van der Waals surface area contributed by atoms with E-state index in [4.69, 9.17) is 10.2 Å². The highest BCUT2D eigenvalue weighted by molar-refractivity contribution is 7.99. The predicted octanol–water partition coefficient (Wildman–Crippen LogP) is 2.12. The highest BCUT2D eigenvalue weighted by Gasteiger charge is 2.13. The summed E-state index contributed by atoms with van der Waals surface area (Å²) in [4.78, 5) is 13.6. The quantitative estimate of drug-likeness (QED) is 0.520. The summed E-state index contributed by atoms with van der Waals surface area (Å²) in [5.41, 5.74) is 5.44. The van der Waals surface area contributed by atoms with E-state index in [9.17, 15) is 4.79 Å². The third-order valence-electron chi connectivity index (χ3n) is 2.98. The largest absolute Gasteiger partial charge is 0.416 e. The molecule has 0 saturated carbocycles. The summed E-state index contributed by atoms with van der Waals surface area (Å²) in [7, 11) is 0. The molecule has 21 heavy (non-hydrogen) atoms. The van der Waals surface area contributed by atoms with Crippen molar-refractivity contribution in [3.8, 4) is 0 Å². The second-order valence-corrected chi connectivity index (χ2v) is 5.34. The maximum atomic E-state index is 11.8. The van der Waals surface area contributed by atoms with Gasteiger partial charge in [0.05, 0.1) is 5.75 Å². The van der Waals surface area contributed by atoms with Gasteiger partial charge in [0.15, 0.2) is 0 Å². The third kappa shape index (κ3) is 7.68. The molecule has 0 unspecified atom stereocenters. The highest BCUT2D eigenvalue weighted by atomic mass is 35.5. The Morgan fingerprint density at radius 2 is 1.95 bits per heavy atom. The van der Waals surface area contributed by atoms with E-state index < -0.39 is 0 Å². The van der Waals surface area contributed by atoms with Gasteiger partial charge in [0.1, 0.15) is 0 Å². The first-order valence-corrected chi connectivity index (χ1v) is 8.12. The smallest absolute Gasteiger partial charge is 0.277 e. The van der Waals surface area contributed by atoms with Crippen LogP contribution >= 0.6 is 24.2 Å². The van der Waals surface area contributed by atoms with Crippen molar-refractivity contribution in [2.75, 3.05) is 25.4 Å². The van der Waals surface area contributed by atoms with Crippen LogP contribution in [-0.2, 0) is 11.2 Å². The normalized spacial score (nSPS) is 10.2. The van der Waals surface area contributed by atoms with Crippen molar-refractivity contribution >= 4 is 30.1 Å². The van der Waals surface area contributed by atoms with Crippen LogP contribution in [0.15, 0.2) is 9.64 Å². The van der Waals surface area contributed by atoms with Crippen molar-refractivity contribution in [1.29, 1.82) is 0 Å². The molecule has 0 spiro atoms. The molecule has 0 bridgehead atoms. The van der Waals surface area contributed by atoms with Crippen LogP contribution in [0, 0.1) is 0 Å². The zero-order valence-electron chi connectivity index (χ0n) is 12.7. The fourth-order valence-electron chi connectivity index (χ4n) is 1.79. The third-order valence-corrected chi connectivity index (χ3v) is 3.78. The minimum Gasteiger partial charge on any atom is -0.416 e. The van der Waals surface area contributed by atoms with Gasteiger partial charge >= 0.3 is 0 Å². The molecule has 0 fully saturated rings. The molecule has 0 radical (unpaired) electrons. The van der Waals surface area contributed by atoms with Gasteiger partial charge in [-0.2, -0.15) is 0 Å². The minimum absolute atomic E-state index is 0. The van der Waals surface area contributed by atoms with E-state index in [2.05, 4.69) is 10.2 Å². The van der Waals surface area contributed by atoms with Crippen LogP contribution in [0.4, 0.5) is 0 Å². The molecular formula is C13H25ClN4O2S. The SMILES string of the molecule is CCN(CC)C(=O)CSc1nnc(CCCCCN)o1.Cl. The van der Waals surface area contributed by atoms with Gasteiger partial charge in [0.25, 0.3) is 5.22 Å². The van der Waals surface area contributed by atoms with Crippen molar-refractivity contribution in [2.24, 2.45) is 5.73 Å². The van der Waals surface area contributed by atoms with Crippen LogP contribution in [0.3, 0.4) is 0 Å². The fraction of sp³-hybridized carbons (Fsp3) is 0.769. The lowest BCUT2D eigenvalue weighted by molar-refractivity contribution is -0.127. The first kappa shape index (κ1) is 20.2. The Hall–Kier alpha value is -0.790. The van der Waals surface area contributed by atoms with Crippen LogP contribution in [0.25, 0.3) is 0 Å². The number of rotatable bonds is 10. The Labute approximate surface area is 136 Å². The predicted molar refractivity (Wildman–Crippen MR) is 86.8 cm³/mol. The molecule has 0 aromatic carbocycles. The number of nitrogens with two attached hydrogens (primary N) is 1. The van der Waals surface area contributed by atoms with E-state index in [1.807, 2.05) is 13.8 Å². The molecule has 0 atom stereocenters. The van der Waals surface area contributed by atoms with Gasteiger partial charge in [-0.25, -0.2) is 0 Å². The number of nitrogens with zero attached hydrogens (tertiary/aromatic N) is 3. The van der Waals surface area contributed by atoms with E-state index in [0.29, 0.717) is 16.9 Å². The molecule has 2 N–H and O–H groups in total. The van der Waals surface area contributed by atoms with Crippen LogP contribution in [0.5, 0.6) is 0 Å². The van der Waals surface area contributed by atoms with Crippen LogP contribution < -0.4 is 5.73 Å². The molecule has 8 heteroatoms. The van der Waals surface area contributed by atoms with Crippen LogP contribution in [-0.4, -0.2) is 46.4 Å². The van der Waals surface area contributed by atoms with Crippen LogP contribution in [0.1, 0.15) is 39.0 Å². The van der Waals surface area contributed by atoms with Crippen molar-refractivity contribution in [3.63, 3.8) is 0 Å². The number of aromatic nitrogens is 2. The summed E-state index contributed by atoms with van der Waals surface area (Å²) in [6, 6.07) is 0. The van der Waals surface area contributed by atoms with Crippen LogP contribution in [0.2, 0.25) is 0 Å². The molecule has 0 aliphatic rings. The molecule has 122 valence electrons. The van der Waals surface area contributed by atoms with Gasteiger partial charge in [-0.1, -0.05) is 18.2 Å². The molecular weight excluding hydrogens is 312 g/mol. The van der Waals surface area contributed by atoms with Crippen molar-refractivity contribution in [2.45, 2.75) is 44.8 Å². The lowest BCUT2D eigenvalue weighted by Gasteiger charge is -2.17. The summed E-state index contributed by atoms with van der Waals surface area (Å²) in [5.74, 6) is 1.08. The lowest BCUT2D eigenvalue weighted by Crippen LogP contribution is -2.31. The van der Waals surface area contributed by atoms with Gasteiger partial charge in [-0.15, -0.1) is 22.6 Å². The first-order valence-electron chi connectivity index (χ1n) is 7.14. The standard InChI is InChI=1S/C13H24N4O2S.ClH/c1-3-17(4-2)12(18)10-20-13-16-15-11(19-13)8-6-5-7-9-14;/h3-10,14H2,1-2H3;1H. The second-order valence-electron chi connectivity index (χ2n) is 4.42. The highest BCUT2D eigenvalue weighted by Crippen LogP contribution is 2.17. The van der Waals surface area contributed by atoms with Gasteiger partial charge in [-0.3, -0.25) is 4.79 Å². The van der Waals surface area contributed by atoms with Gasteiger partial charge in [0.2, 0.25) is 11.8 Å². The Balaban J connectivity index is 0.00000400. The number of halogens is 1. The number of unbranched alkanes of at least 4 members (excludes halogenated alkanes) is 2. The fourth-order valence-corrected chi connectivity index (χ4v) is 2.47. The average molecular weight is 337 g/mol. The van der Waals surface area contributed by atoms with Crippen molar-refractivity contribution < 1.29 is 9.21 Å². The Morgan fingerprint density at radius 3 is 2.57 bits per heavy atom. The maximum Gasteiger partial charge on any atom is 0.277 e. The average Bonchev–Trinajstić information content (AvgIpc) is 2.91. The summed E-state index contributed by atoms with van der Waals surface area (Å²) in [6.07, 6.45) is 3.87. The Bertz CT molecular complexity index is 399. The minimum atomic E-state index is 0. The molecule has 6 nitrogen and oxygen atoms in total. The van der Waals surface area contributed by atoms with Crippen molar-refractivity contribution in [3.05, 3.63) is 5.89 Å². The molecule has 1 amide bonds. The van der Waals surface area contributed by atoms with E-state index in [0.717, 1.165) is 45.3 Å². The lowest BCUT2D eigenvalue weighted by atomic mass is 10.2. The zero-order chi connectivity index (χ0) is 14.8. The van der Waals surface area contributed by atoms with E-state index in [-0.39, 0.29) is 18.3 Å². The van der Waals surface area contributed by atoms with E-state index >= 15 is 0 Å². The molecule has 1 heterocycles. The topological polar surface area (TPSA) is 85.2 Å². The number of carbonyl (C=O) groups is 1. The van der Waals surface area contributed by atoms with Gasteiger partial charge in [-0.05, 0) is 33.2 Å². The monoisotopic (exact) mass is 336 g/mol. The molecule has 1 aromatic heterocycles. The summed E-state index contributed by atoms with van der Waals surface area (Å²) < 4.78 is 5.50. The summed E-state index contributed by atoms with van der Waals surface area (Å²) in [6.45, 7) is 6.12. The molecule has 1 aromatic rings. The number of hydrogen-bond acceptors (Lipinski definition) is 6. The summed E-state index contributed by atoms with van der Waals surface area (Å²) in [5, 5.41) is 8.40. The van der Waals surface area contributed by atoms with E-state index in [1.165, 1.54) is 11.8 Å². The Kier molecular flexibility index (Phi) is 11.4. The first-order chi connectivity index (χ1) is 9.71. The second kappa shape index (κ2) is 11.8. The molecule has 0 aliphatic carbocycles. The maximum absolute atomic E-state index is 11.8. The van der Waals surface area contributed by atoms with Crippen molar-refractivity contribution in [1.82, 2.24) is 15.1 Å². The number of aryl methyl sites for hydroxylation is 1. The number of hydrogen-bond donors (Lipinski definition) is 1. The van der Waals surface area contributed by atoms with Gasteiger partial charge in [0, 0.05) is 19.5 Å². The molecule has 1 rings (SSSR count). The van der Waals surface area contributed by atoms with E-state index in [1.54, 1.807) is 4.90 Å². The molecule has 0 aliphatic heterocycles. The number of thioether (sulfide) groups is 1. The zero-order valence-corrected chi connectivity index (χ0v) is 14.3. The molecule has 0 saturated heterocycles.